The van der Waals surface area contributed by atoms with Crippen molar-refractivity contribution in [3.8, 4) is 10.4 Å². The molecule has 0 aliphatic heterocycles. The summed E-state index contributed by atoms with van der Waals surface area (Å²) in [6, 6.07) is 8.08. The zero-order chi connectivity index (χ0) is 14.8. The van der Waals surface area contributed by atoms with Crippen molar-refractivity contribution in [2.24, 2.45) is 0 Å². The normalized spacial score (nSPS) is 11.0. The summed E-state index contributed by atoms with van der Waals surface area (Å²) >= 11 is 1.36. The summed E-state index contributed by atoms with van der Waals surface area (Å²) in [6.45, 7) is 2.80. The lowest BCUT2D eigenvalue weighted by molar-refractivity contribution is 0.628. The van der Waals surface area contributed by atoms with Crippen LogP contribution in [0.2, 0.25) is 0 Å². The Bertz CT molecular complexity index is 823. The molecule has 0 spiro atoms. The van der Waals surface area contributed by atoms with Crippen molar-refractivity contribution in [2.45, 2.75) is 13.3 Å². The topological polar surface area (TPSA) is 57.8 Å². The Labute approximate surface area is 124 Å². The van der Waals surface area contributed by atoms with Crippen LogP contribution in [0, 0.1) is 5.82 Å². The number of thiophene rings is 1. The SMILES string of the molecule is CCCNc1nc2cc(-c3ccc(F)cc3)sc2c(=O)[nH]1. The highest BCUT2D eigenvalue weighted by Crippen LogP contribution is 2.31. The van der Waals surface area contributed by atoms with E-state index in [9.17, 15) is 9.18 Å². The number of halogens is 1. The minimum atomic E-state index is -0.276. The summed E-state index contributed by atoms with van der Waals surface area (Å²) in [6.07, 6.45) is 0.951. The first-order valence-electron chi connectivity index (χ1n) is 6.71. The van der Waals surface area contributed by atoms with E-state index >= 15 is 0 Å². The molecule has 0 bridgehead atoms. The number of benzene rings is 1. The van der Waals surface area contributed by atoms with Crippen molar-refractivity contribution in [1.82, 2.24) is 9.97 Å². The van der Waals surface area contributed by atoms with Gasteiger partial charge in [-0.1, -0.05) is 19.1 Å². The summed E-state index contributed by atoms with van der Waals surface area (Å²) in [5.41, 5.74) is 1.38. The van der Waals surface area contributed by atoms with Gasteiger partial charge in [-0.3, -0.25) is 9.78 Å². The lowest BCUT2D eigenvalue weighted by atomic mass is 10.2. The second kappa shape index (κ2) is 5.65. The number of anilines is 1. The molecule has 2 aromatic heterocycles. The van der Waals surface area contributed by atoms with Gasteiger partial charge in [0.2, 0.25) is 5.95 Å². The highest BCUT2D eigenvalue weighted by molar-refractivity contribution is 7.22. The van der Waals surface area contributed by atoms with Gasteiger partial charge in [0, 0.05) is 11.4 Å². The zero-order valence-electron chi connectivity index (χ0n) is 11.4. The predicted molar refractivity (Wildman–Crippen MR) is 84.4 cm³/mol. The van der Waals surface area contributed by atoms with E-state index in [2.05, 4.69) is 15.3 Å². The standard InChI is InChI=1S/C15H14FN3OS/c1-2-7-17-15-18-11-8-12(21-13(11)14(20)19-15)9-3-5-10(16)6-4-9/h3-6,8H,2,7H2,1H3,(H2,17,18,19,20). The minimum Gasteiger partial charge on any atom is -0.356 e. The molecule has 108 valence electrons. The largest absolute Gasteiger partial charge is 0.356 e. The Morgan fingerprint density at radius 3 is 2.81 bits per heavy atom. The number of rotatable bonds is 4. The highest BCUT2D eigenvalue weighted by Gasteiger charge is 2.10. The van der Waals surface area contributed by atoms with Crippen LogP contribution in [0.5, 0.6) is 0 Å². The Hall–Kier alpha value is -2.21. The quantitative estimate of drug-likeness (QED) is 0.774. The molecule has 2 N–H and O–H groups in total. The first-order valence-corrected chi connectivity index (χ1v) is 7.52. The number of nitrogens with zero attached hydrogens (tertiary/aromatic N) is 1. The van der Waals surface area contributed by atoms with Crippen LogP contribution in [0.3, 0.4) is 0 Å². The smallest absolute Gasteiger partial charge is 0.270 e. The van der Waals surface area contributed by atoms with Crippen molar-refractivity contribution in [3.05, 3.63) is 46.5 Å². The van der Waals surface area contributed by atoms with Gasteiger partial charge in [-0.05, 0) is 30.2 Å². The molecule has 0 saturated carbocycles. The summed E-state index contributed by atoms with van der Waals surface area (Å²) in [7, 11) is 0. The Morgan fingerprint density at radius 1 is 1.33 bits per heavy atom. The van der Waals surface area contributed by atoms with E-state index < -0.39 is 0 Å². The third kappa shape index (κ3) is 2.80. The molecule has 4 nitrogen and oxygen atoms in total. The maximum atomic E-state index is 13.0. The molecule has 0 saturated heterocycles. The van der Waals surface area contributed by atoms with Gasteiger partial charge >= 0.3 is 0 Å². The van der Waals surface area contributed by atoms with E-state index in [0.29, 0.717) is 16.2 Å². The van der Waals surface area contributed by atoms with Gasteiger partial charge in [-0.25, -0.2) is 9.37 Å². The van der Waals surface area contributed by atoms with E-state index in [1.54, 1.807) is 12.1 Å². The molecule has 3 rings (SSSR count). The van der Waals surface area contributed by atoms with E-state index in [1.807, 2.05) is 13.0 Å². The van der Waals surface area contributed by atoms with Gasteiger partial charge in [-0.2, -0.15) is 0 Å². The maximum absolute atomic E-state index is 13.0. The predicted octanol–water partition coefficient (Wildman–Crippen LogP) is 3.61. The van der Waals surface area contributed by atoms with Crippen LogP contribution >= 0.6 is 11.3 Å². The Balaban J connectivity index is 2.05. The van der Waals surface area contributed by atoms with E-state index in [1.165, 1.54) is 23.5 Å². The molecule has 0 radical (unpaired) electrons. The fraction of sp³-hybridized carbons (Fsp3) is 0.200. The number of aromatic amines is 1. The molecule has 0 amide bonds. The van der Waals surface area contributed by atoms with Crippen molar-refractivity contribution in [3.63, 3.8) is 0 Å². The van der Waals surface area contributed by atoms with Crippen LogP contribution < -0.4 is 10.9 Å². The number of nitrogens with one attached hydrogen (secondary N) is 2. The molecule has 6 heteroatoms. The molecule has 0 unspecified atom stereocenters. The van der Waals surface area contributed by atoms with Gasteiger partial charge in [0.25, 0.3) is 5.56 Å². The molecule has 3 aromatic rings. The third-order valence-electron chi connectivity index (χ3n) is 3.05. The van der Waals surface area contributed by atoms with Crippen LogP contribution in [-0.4, -0.2) is 16.5 Å². The van der Waals surface area contributed by atoms with Crippen molar-refractivity contribution in [1.29, 1.82) is 0 Å². The first kappa shape index (κ1) is 13.8. The molecule has 0 atom stereocenters. The van der Waals surface area contributed by atoms with Gasteiger partial charge in [-0.15, -0.1) is 11.3 Å². The zero-order valence-corrected chi connectivity index (χ0v) is 12.3. The summed E-state index contributed by atoms with van der Waals surface area (Å²) in [5.74, 6) is 0.208. The van der Waals surface area contributed by atoms with Crippen LogP contribution in [0.4, 0.5) is 10.3 Å². The third-order valence-corrected chi connectivity index (χ3v) is 4.23. The summed E-state index contributed by atoms with van der Waals surface area (Å²) < 4.78 is 13.6. The van der Waals surface area contributed by atoms with Crippen molar-refractivity contribution < 1.29 is 4.39 Å². The molecule has 21 heavy (non-hydrogen) atoms. The first-order chi connectivity index (χ1) is 10.2. The highest BCUT2D eigenvalue weighted by atomic mass is 32.1. The van der Waals surface area contributed by atoms with Gasteiger partial charge < -0.3 is 5.32 Å². The molecule has 0 aliphatic rings. The number of H-pyrrole nitrogens is 1. The average Bonchev–Trinajstić information content (AvgIpc) is 2.90. The monoisotopic (exact) mass is 303 g/mol. The lowest BCUT2D eigenvalue weighted by Gasteiger charge is -2.02. The minimum absolute atomic E-state index is 0.156. The maximum Gasteiger partial charge on any atom is 0.270 e. The van der Waals surface area contributed by atoms with Crippen LogP contribution in [-0.2, 0) is 0 Å². The molecular formula is C15H14FN3OS. The Morgan fingerprint density at radius 2 is 2.10 bits per heavy atom. The fourth-order valence-electron chi connectivity index (χ4n) is 2.02. The van der Waals surface area contributed by atoms with E-state index in [-0.39, 0.29) is 11.4 Å². The van der Waals surface area contributed by atoms with Gasteiger partial charge in [0.05, 0.1) is 5.52 Å². The average molecular weight is 303 g/mol. The molecule has 1 aromatic carbocycles. The number of hydrogen-bond acceptors (Lipinski definition) is 4. The number of fused-ring (bicyclic) bond motifs is 1. The van der Waals surface area contributed by atoms with Crippen molar-refractivity contribution >= 4 is 27.5 Å². The molecule has 2 heterocycles. The fourth-order valence-corrected chi connectivity index (χ4v) is 3.02. The molecule has 0 aliphatic carbocycles. The number of hydrogen-bond donors (Lipinski definition) is 2. The summed E-state index contributed by atoms with van der Waals surface area (Å²) in [4.78, 5) is 20.1. The second-order valence-electron chi connectivity index (χ2n) is 4.67. The van der Waals surface area contributed by atoms with Crippen LogP contribution in [0.1, 0.15) is 13.3 Å². The lowest BCUT2D eigenvalue weighted by Crippen LogP contribution is -2.12. The van der Waals surface area contributed by atoms with Crippen molar-refractivity contribution in [2.75, 3.05) is 11.9 Å². The van der Waals surface area contributed by atoms with E-state index in [0.717, 1.165) is 23.4 Å². The molecular weight excluding hydrogens is 289 g/mol. The van der Waals surface area contributed by atoms with Crippen LogP contribution in [0.15, 0.2) is 35.1 Å². The van der Waals surface area contributed by atoms with Crippen LogP contribution in [0.25, 0.3) is 20.7 Å². The second-order valence-corrected chi connectivity index (χ2v) is 5.73. The van der Waals surface area contributed by atoms with Gasteiger partial charge in [0.15, 0.2) is 0 Å². The number of aromatic nitrogens is 2. The van der Waals surface area contributed by atoms with E-state index in [4.69, 9.17) is 0 Å². The molecule has 0 fully saturated rings. The van der Waals surface area contributed by atoms with Gasteiger partial charge in [0.1, 0.15) is 10.5 Å². The Kier molecular flexibility index (Phi) is 3.70. The summed E-state index contributed by atoms with van der Waals surface area (Å²) in [5, 5.41) is 3.07.